The van der Waals surface area contributed by atoms with Gasteiger partial charge in [0.15, 0.2) is 0 Å². The van der Waals surface area contributed by atoms with Crippen LogP contribution in [0, 0.1) is 68.0 Å². The molecule has 0 radical (unpaired) electrons. The molecule has 0 atom stereocenters. The average Bonchev–Trinajstić information content (AvgIpc) is 2.91. The van der Waals surface area contributed by atoms with Crippen LogP contribution in [-0.2, 0) is 0 Å². The topological polar surface area (TPSA) is 156 Å². The lowest BCUT2D eigenvalue weighted by Crippen LogP contribution is -2.36. The normalized spacial score (nSPS) is 10.5. The highest BCUT2D eigenvalue weighted by atomic mass is 15.2. The molecule has 0 rings (SSSR count). The summed E-state index contributed by atoms with van der Waals surface area (Å²) in [6, 6.07) is 13.1. The summed E-state index contributed by atoms with van der Waals surface area (Å²) in [6.45, 7) is 9.31. The van der Waals surface area contributed by atoms with Gasteiger partial charge in [0, 0.05) is 77.8 Å². The van der Waals surface area contributed by atoms with Crippen LogP contribution in [0.1, 0.15) is 57.8 Å². The van der Waals surface area contributed by atoms with Crippen molar-refractivity contribution < 1.29 is 0 Å². The second-order valence-corrected chi connectivity index (χ2v) is 8.88. The Balaban J connectivity index is 4.93. The third-order valence-electron chi connectivity index (χ3n) is 6.09. The SMILES string of the molecule is N#CCCN(CCC#N)CCCN(CCCN(CCC#N)CCC#N)CCCN(CCC#N)CCC#N. The summed E-state index contributed by atoms with van der Waals surface area (Å²) >= 11 is 0. The maximum atomic E-state index is 8.93. The standard InChI is InChI=1S/C27H42N10/c28-10-1-16-34(17-2-11-29)22-7-25-37(26-8-23-35(18-3-12-30)19-4-13-31)27-9-24-36(20-5-14-32)21-6-15-33/h1-9,16-27H2. The number of hydrogen-bond acceptors (Lipinski definition) is 10. The van der Waals surface area contributed by atoms with Crippen LogP contribution in [0.4, 0.5) is 0 Å². The molecule has 10 nitrogen and oxygen atoms in total. The zero-order valence-corrected chi connectivity index (χ0v) is 22.3. The Labute approximate surface area is 224 Å². The largest absolute Gasteiger partial charge is 0.303 e. The first-order valence-corrected chi connectivity index (χ1v) is 13.3. The zero-order chi connectivity index (χ0) is 27.4. The molecule has 0 aliphatic heterocycles. The molecule has 0 aromatic rings. The molecule has 0 heterocycles. The summed E-state index contributed by atoms with van der Waals surface area (Å²) in [5.74, 6) is 0. The molecule has 0 fully saturated rings. The van der Waals surface area contributed by atoms with E-state index in [4.69, 9.17) is 31.6 Å². The van der Waals surface area contributed by atoms with E-state index < -0.39 is 0 Å². The lowest BCUT2D eigenvalue weighted by Gasteiger charge is -2.28. The van der Waals surface area contributed by atoms with Gasteiger partial charge in [-0.2, -0.15) is 31.6 Å². The molecule has 10 heteroatoms. The molecule has 0 aliphatic rings. The zero-order valence-electron chi connectivity index (χ0n) is 22.3. The van der Waals surface area contributed by atoms with Gasteiger partial charge in [-0.15, -0.1) is 0 Å². The van der Waals surface area contributed by atoms with Crippen molar-refractivity contribution in [3.05, 3.63) is 0 Å². The van der Waals surface area contributed by atoms with E-state index in [0.29, 0.717) is 77.8 Å². The van der Waals surface area contributed by atoms with E-state index in [1.165, 1.54) is 0 Å². The molecule has 0 aliphatic carbocycles. The smallest absolute Gasteiger partial charge is 0.0635 e. The molecule has 0 saturated heterocycles. The number of rotatable bonds is 24. The van der Waals surface area contributed by atoms with E-state index in [-0.39, 0.29) is 0 Å². The Morgan fingerprint density at radius 3 is 0.595 bits per heavy atom. The Bertz CT molecular complexity index is 654. The highest BCUT2D eigenvalue weighted by Crippen LogP contribution is 2.05. The van der Waals surface area contributed by atoms with Crippen LogP contribution in [-0.4, -0.2) is 98.1 Å². The second-order valence-electron chi connectivity index (χ2n) is 8.88. The predicted molar refractivity (Wildman–Crippen MR) is 141 cm³/mol. The van der Waals surface area contributed by atoms with Gasteiger partial charge in [-0.25, -0.2) is 0 Å². The Morgan fingerprint density at radius 1 is 0.270 bits per heavy atom. The first-order chi connectivity index (χ1) is 18.1. The number of nitriles is 6. The monoisotopic (exact) mass is 506 g/mol. The maximum absolute atomic E-state index is 8.93. The summed E-state index contributed by atoms with van der Waals surface area (Å²) in [5.41, 5.74) is 0. The Hall–Kier alpha value is -3.22. The molecule has 0 N–H and O–H groups in total. The van der Waals surface area contributed by atoms with Crippen molar-refractivity contribution in [2.24, 2.45) is 0 Å². The number of hydrogen-bond donors (Lipinski definition) is 0. The van der Waals surface area contributed by atoms with Crippen LogP contribution in [0.25, 0.3) is 0 Å². The quantitative estimate of drug-likeness (QED) is 0.191. The van der Waals surface area contributed by atoms with Gasteiger partial charge in [0.25, 0.3) is 0 Å². The van der Waals surface area contributed by atoms with Gasteiger partial charge in [-0.1, -0.05) is 0 Å². The molecule has 37 heavy (non-hydrogen) atoms. The molecular weight excluding hydrogens is 464 g/mol. The van der Waals surface area contributed by atoms with E-state index in [1.54, 1.807) is 0 Å². The fraction of sp³-hybridized carbons (Fsp3) is 0.778. The first kappa shape index (κ1) is 33.8. The van der Waals surface area contributed by atoms with Crippen molar-refractivity contribution in [1.82, 2.24) is 19.6 Å². The van der Waals surface area contributed by atoms with Gasteiger partial charge in [0.2, 0.25) is 0 Å². The van der Waals surface area contributed by atoms with Crippen LogP contribution in [0.15, 0.2) is 0 Å². The third-order valence-corrected chi connectivity index (χ3v) is 6.09. The Morgan fingerprint density at radius 2 is 0.432 bits per heavy atom. The summed E-state index contributed by atoms with van der Waals surface area (Å²) < 4.78 is 0. The Kier molecular flexibility index (Phi) is 23.6. The molecule has 0 aromatic carbocycles. The fourth-order valence-electron chi connectivity index (χ4n) is 4.14. The second kappa shape index (κ2) is 25.9. The van der Waals surface area contributed by atoms with Gasteiger partial charge >= 0.3 is 0 Å². The molecule has 0 aromatic heterocycles. The summed E-state index contributed by atoms with van der Waals surface area (Å²) in [6.07, 6.45) is 5.56. The first-order valence-electron chi connectivity index (χ1n) is 13.3. The van der Waals surface area contributed by atoms with Gasteiger partial charge in [-0.3, -0.25) is 0 Å². The van der Waals surface area contributed by atoms with E-state index in [9.17, 15) is 0 Å². The highest BCUT2D eigenvalue weighted by Gasteiger charge is 2.11. The van der Waals surface area contributed by atoms with E-state index in [1.807, 2.05) is 0 Å². The van der Waals surface area contributed by atoms with Crippen LogP contribution in [0.3, 0.4) is 0 Å². The molecule has 0 amide bonds. The number of nitrogens with zero attached hydrogens (tertiary/aromatic N) is 10. The summed E-state index contributed by atoms with van der Waals surface area (Å²) in [5, 5.41) is 53.6. The van der Waals surface area contributed by atoms with Crippen molar-refractivity contribution in [2.45, 2.75) is 57.8 Å². The van der Waals surface area contributed by atoms with Crippen molar-refractivity contribution in [3.8, 4) is 36.4 Å². The van der Waals surface area contributed by atoms with Gasteiger partial charge in [0.05, 0.1) is 36.4 Å². The predicted octanol–water partition coefficient (Wildman–Crippen LogP) is 2.85. The average molecular weight is 507 g/mol. The minimum Gasteiger partial charge on any atom is -0.303 e. The third kappa shape index (κ3) is 20.7. The van der Waals surface area contributed by atoms with Crippen LogP contribution < -0.4 is 0 Å². The minimum absolute atomic E-state index is 0.456. The molecular formula is C27H42N10. The molecule has 200 valence electrons. The van der Waals surface area contributed by atoms with Crippen molar-refractivity contribution >= 4 is 0 Å². The van der Waals surface area contributed by atoms with Crippen molar-refractivity contribution in [1.29, 1.82) is 31.6 Å². The maximum Gasteiger partial charge on any atom is 0.0635 e. The summed E-state index contributed by atoms with van der Waals surface area (Å²) in [7, 11) is 0. The van der Waals surface area contributed by atoms with E-state index in [2.05, 4.69) is 56.0 Å². The van der Waals surface area contributed by atoms with Gasteiger partial charge in [-0.05, 0) is 58.5 Å². The van der Waals surface area contributed by atoms with E-state index in [0.717, 1.165) is 58.5 Å². The minimum atomic E-state index is 0.456. The van der Waals surface area contributed by atoms with Crippen molar-refractivity contribution in [2.75, 3.05) is 78.5 Å². The van der Waals surface area contributed by atoms with Crippen molar-refractivity contribution in [3.63, 3.8) is 0 Å². The van der Waals surface area contributed by atoms with Crippen LogP contribution in [0.2, 0.25) is 0 Å². The molecule has 0 unspecified atom stereocenters. The van der Waals surface area contributed by atoms with Gasteiger partial charge in [0.1, 0.15) is 0 Å². The lowest BCUT2D eigenvalue weighted by molar-refractivity contribution is 0.198. The van der Waals surface area contributed by atoms with E-state index >= 15 is 0 Å². The lowest BCUT2D eigenvalue weighted by atomic mass is 10.2. The molecule has 0 bridgehead atoms. The van der Waals surface area contributed by atoms with Crippen LogP contribution in [0.5, 0.6) is 0 Å². The fourth-order valence-corrected chi connectivity index (χ4v) is 4.14. The molecule has 0 spiro atoms. The highest BCUT2D eigenvalue weighted by molar-refractivity contribution is 4.79. The molecule has 0 saturated carbocycles. The summed E-state index contributed by atoms with van der Waals surface area (Å²) in [4.78, 5) is 8.98. The van der Waals surface area contributed by atoms with Crippen LogP contribution >= 0.6 is 0 Å². The van der Waals surface area contributed by atoms with Gasteiger partial charge < -0.3 is 19.6 Å².